The Kier molecular flexibility index (Phi) is 7.59. The second-order valence-electron chi connectivity index (χ2n) is 8.06. The van der Waals surface area contributed by atoms with Crippen LogP contribution in [0.3, 0.4) is 0 Å². The molecular formula is C23H28ClN3O4S. The zero-order valence-corrected chi connectivity index (χ0v) is 20.1. The molecule has 32 heavy (non-hydrogen) atoms. The number of nitrogens with zero attached hydrogens (tertiary/aromatic N) is 2. The monoisotopic (exact) mass is 477 g/mol. The smallest absolute Gasteiger partial charge is 0.253 e. The highest BCUT2D eigenvalue weighted by Gasteiger charge is 2.25. The number of hydrogen-bond acceptors (Lipinski definition) is 4. The Morgan fingerprint density at radius 3 is 2.03 bits per heavy atom. The van der Waals surface area contributed by atoms with Gasteiger partial charge in [-0.15, -0.1) is 0 Å². The first-order valence-electron chi connectivity index (χ1n) is 10.5. The number of benzene rings is 2. The Morgan fingerprint density at radius 1 is 0.938 bits per heavy atom. The third-order valence-corrected chi connectivity index (χ3v) is 7.53. The van der Waals surface area contributed by atoms with Gasteiger partial charge in [0.25, 0.3) is 5.91 Å². The molecule has 2 amide bonds. The molecule has 3 rings (SSSR count). The second-order valence-corrected chi connectivity index (χ2v) is 10.2. The van der Waals surface area contributed by atoms with Crippen LogP contribution in [-0.4, -0.2) is 62.8 Å². The van der Waals surface area contributed by atoms with Gasteiger partial charge in [-0.25, -0.2) is 13.1 Å². The predicted molar refractivity (Wildman–Crippen MR) is 124 cm³/mol. The molecule has 0 radical (unpaired) electrons. The van der Waals surface area contributed by atoms with Gasteiger partial charge >= 0.3 is 0 Å². The third kappa shape index (κ3) is 5.68. The van der Waals surface area contributed by atoms with Gasteiger partial charge in [0.1, 0.15) is 0 Å². The van der Waals surface area contributed by atoms with Crippen LogP contribution in [0.25, 0.3) is 0 Å². The molecular weight excluding hydrogens is 450 g/mol. The van der Waals surface area contributed by atoms with Crippen molar-refractivity contribution in [1.82, 2.24) is 14.5 Å². The van der Waals surface area contributed by atoms with Gasteiger partial charge in [-0.1, -0.05) is 29.3 Å². The molecule has 1 saturated heterocycles. The van der Waals surface area contributed by atoms with Gasteiger partial charge < -0.3 is 9.80 Å². The van der Waals surface area contributed by atoms with Crippen molar-refractivity contribution in [3.05, 3.63) is 63.7 Å². The summed E-state index contributed by atoms with van der Waals surface area (Å²) in [6.07, 6.45) is 0.0638. The van der Waals surface area contributed by atoms with E-state index in [1.807, 2.05) is 19.1 Å². The van der Waals surface area contributed by atoms with E-state index in [1.54, 1.807) is 47.9 Å². The molecule has 0 aromatic heterocycles. The van der Waals surface area contributed by atoms with Crippen LogP contribution in [0, 0.1) is 20.8 Å². The van der Waals surface area contributed by atoms with Crippen molar-refractivity contribution >= 4 is 33.4 Å². The van der Waals surface area contributed by atoms with Gasteiger partial charge in [-0.05, 0) is 56.2 Å². The van der Waals surface area contributed by atoms with Crippen LogP contribution < -0.4 is 4.72 Å². The molecule has 1 aliphatic rings. The second kappa shape index (κ2) is 10.0. The molecule has 1 heterocycles. The lowest BCUT2D eigenvalue weighted by Crippen LogP contribution is -2.51. The lowest BCUT2D eigenvalue weighted by molar-refractivity contribution is -0.132. The quantitative estimate of drug-likeness (QED) is 0.693. The summed E-state index contributed by atoms with van der Waals surface area (Å²) in [7, 11) is -3.70. The summed E-state index contributed by atoms with van der Waals surface area (Å²) >= 11 is 5.87. The molecule has 0 unspecified atom stereocenters. The Balaban J connectivity index is 1.50. The number of aryl methyl sites for hydroxylation is 3. The zero-order valence-electron chi connectivity index (χ0n) is 18.5. The van der Waals surface area contributed by atoms with E-state index in [1.165, 1.54) is 0 Å². The van der Waals surface area contributed by atoms with Gasteiger partial charge in [-0.3, -0.25) is 9.59 Å². The molecule has 0 atom stereocenters. The lowest BCUT2D eigenvalue weighted by Gasteiger charge is -2.35. The third-order valence-electron chi connectivity index (χ3n) is 5.52. The maximum atomic E-state index is 12.7. The number of carbonyl (C=O) groups excluding carboxylic acids is 2. The molecule has 1 aliphatic heterocycles. The minimum atomic E-state index is -3.70. The maximum Gasteiger partial charge on any atom is 0.253 e. The van der Waals surface area contributed by atoms with Crippen LogP contribution in [0.2, 0.25) is 5.02 Å². The van der Waals surface area contributed by atoms with Crippen LogP contribution in [0.5, 0.6) is 0 Å². The number of rotatable bonds is 6. The van der Waals surface area contributed by atoms with Gasteiger partial charge in [0.2, 0.25) is 15.9 Å². The van der Waals surface area contributed by atoms with E-state index in [4.69, 9.17) is 11.6 Å². The van der Waals surface area contributed by atoms with Gasteiger partial charge in [0, 0.05) is 49.7 Å². The Hall–Kier alpha value is -2.42. The number of halogens is 1. The summed E-state index contributed by atoms with van der Waals surface area (Å²) in [4.78, 5) is 28.8. The fourth-order valence-electron chi connectivity index (χ4n) is 4.05. The summed E-state index contributed by atoms with van der Waals surface area (Å²) in [6.45, 7) is 7.18. The van der Waals surface area contributed by atoms with E-state index in [2.05, 4.69) is 4.72 Å². The number of amides is 2. The highest BCUT2D eigenvalue weighted by Crippen LogP contribution is 2.21. The first kappa shape index (κ1) is 24.2. The van der Waals surface area contributed by atoms with Gasteiger partial charge in [-0.2, -0.15) is 0 Å². The van der Waals surface area contributed by atoms with Crippen LogP contribution in [-0.2, 0) is 14.8 Å². The standard InChI is InChI=1S/C23H28ClN3O4S/c1-16-14-17(2)22(18(3)15-16)32(30,31)25-9-8-21(28)26-10-12-27(13-11-26)23(29)19-4-6-20(24)7-5-19/h4-7,14-15,25H,8-13H2,1-3H3. The lowest BCUT2D eigenvalue weighted by atomic mass is 10.1. The molecule has 172 valence electrons. The largest absolute Gasteiger partial charge is 0.339 e. The van der Waals surface area contributed by atoms with E-state index >= 15 is 0 Å². The summed E-state index contributed by atoms with van der Waals surface area (Å²) < 4.78 is 28.0. The van der Waals surface area contributed by atoms with Crippen molar-refractivity contribution in [2.24, 2.45) is 0 Å². The highest BCUT2D eigenvalue weighted by molar-refractivity contribution is 7.89. The molecule has 0 bridgehead atoms. The van der Waals surface area contributed by atoms with E-state index in [0.29, 0.717) is 47.9 Å². The molecule has 7 nitrogen and oxygen atoms in total. The summed E-state index contributed by atoms with van der Waals surface area (Å²) in [6, 6.07) is 10.4. The Morgan fingerprint density at radius 2 is 1.47 bits per heavy atom. The van der Waals surface area contributed by atoms with Crippen molar-refractivity contribution in [2.45, 2.75) is 32.1 Å². The minimum absolute atomic E-state index is 0.0256. The van der Waals surface area contributed by atoms with Crippen molar-refractivity contribution in [2.75, 3.05) is 32.7 Å². The number of piperazine rings is 1. The molecule has 0 spiro atoms. The van der Waals surface area contributed by atoms with Crippen LogP contribution in [0.15, 0.2) is 41.3 Å². The van der Waals surface area contributed by atoms with Crippen LogP contribution >= 0.6 is 11.6 Å². The van der Waals surface area contributed by atoms with E-state index in [0.717, 1.165) is 5.56 Å². The molecule has 1 fully saturated rings. The van der Waals surface area contributed by atoms with Gasteiger partial charge in [0.15, 0.2) is 0 Å². The fraction of sp³-hybridized carbons (Fsp3) is 0.391. The van der Waals surface area contributed by atoms with Crippen LogP contribution in [0.1, 0.15) is 33.5 Å². The first-order valence-corrected chi connectivity index (χ1v) is 12.3. The van der Waals surface area contributed by atoms with E-state index in [-0.39, 0.29) is 29.7 Å². The number of nitrogens with one attached hydrogen (secondary N) is 1. The topological polar surface area (TPSA) is 86.8 Å². The average Bonchev–Trinajstić information content (AvgIpc) is 2.72. The Bertz CT molecular complexity index is 1090. The van der Waals surface area contributed by atoms with E-state index in [9.17, 15) is 18.0 Å². The molecule has 2 aromatic carbocycles. The number of hydrogen-bond donors (Lipinski definition) is 1. The summed E-state index contributed by atoms with van der Waals surface area (Å²) in [5.74, 6) is -0.228. The maximum absolute atomic E-state index is 12.7. The molecule has 0 aliphatic carbocycles. The molecule has 2 aromatic rings. The van der Waals surface area contributed by atoms with Crippen molar-refractivity contribution in [1.29, 1.82) is 0 Å². The van der Waals surface area contributed by atoms with Gasteiger partial charge in [0.05, 0.1) is 4.90 Å². The fourth-order valence-corrected chi connectivity index (χ4v) is 5.65. The minimum Gasteiger partial charge on any atom is -0.339 e. The normalized spacial score (nSPS) is 14.5. The average molecular weight is 478 g/mol. The summed E-state index contributed by atoms with van der Waals surface area (Å²) in [5, 5.41) is 0.570. The number of sulfonamides is 1. The van der Waals surface area contributed by atoms with Crippen molar-refractivity contribution < 1.29 is 18.0 Å². The molecule has 0 saturated carbocycles. The van der Waals surface area contributed by atoms with Crippen LogP contribution in [0.4, 0.5) is 0 Å². The predicted octanol–water partition coefficient (Wildman–Crippen LogP) is 2.92. The molecule has 9 heteroatoms. The van der Waals surface area contributed by atoms with Crippen molar-refractivity contribution in [3.8, 4) is 0 Å². The number of carbonyl (C=O) groups is 2. The Labute approximate surface area is 194 Å². The highest BCUT2D eigenvalue weighted by atomic mass is 35.5. The summed E-state index contributed by atoms with van der Waals surface area (Å²) in [5.41, 5.74) is 2.93. The SMILES string of the molecule is Cc1cc(C)c(S(=O)(=O)NCCC(=O)N2CCN(C(=O)c3ccc(Cl)cc3)CC2)c(C)c1. The van der Waals surface area contributed by atoms with Crippen molar-refractivity contribution in [3.63, 3.8) is 0 Å². The first-order chi connectivity index (χ1) is 15.1. The zero-order chi connectivity index (χ0) is 23.5. The molecule has 1 N–H and O–H groups in total. The van der Waals surface area contributed by atoms with E-state index < -0.39 is 10.0 Å².